The summed E-state index contributed by atoms with van der Waals surface area (Å²) >= 11 is 9.57. The van der Waals surface area contributed by atoms with E-state index in [0.717, 1.165) is 15.9 Å². The Morgan fingerprint density at radius 3 is 2.35 bits per heavy atom. The fourth-order valence-electron chi connectivity index (χ4n) is 2.36. The summed E-state index contributed by atoms with van der Waals surface area (Å²) < 4.78 is 1.14. The second kappa shape index (κ2) is 7.26. The number of nitrogens with one attached hydrogen (secondary N) is 1. The first-order valence-electron chi connectivity index (χ1n) is 6.87. The molecule has 0 amide bonds. The van der Waals surface area contributed by atoms with E-state index in [0.29, 0.717) is 6.04 Å². The molecule has 2 unspecified atom stereocenters. The Bertz CT molecular complexity index is 553. The Morgan fingerprint density at radius 1 is 1.10 bits per heavy atom. The summed E-state index contributed by atoms with van der Waals surface area (Å²) in [4.78, 5) is 0. The monoisotopic (exact) mass is 351 g/mol. The van der Waals surface area contributed by atoms with Crippen molar-refractivity contribution in [1.82, 2.24) is 5.32 Å². The van der Waals surface area contributed by atoms with Crippen molar-refractivity contribution >= 4 is 27.5 Å². The Kier molecular flexibility index (Phi) is 5.64. The first kappa shape index (κ1) is 15.6. The van der Waals surface area contributed by atoms with E-state index in [2.05, 4.69) is 65.4 Å². The standard InChI is InChI=1S/C17H19BrClN/c1-3-17(13-8-10-14(19)11-9-13)20-12(2)15-6-4-5-7-16(15)18/h4-12,17,20H,3H2,1-2H3. The van der Waals surface area contributed by atoms with Crippen LogP contribution in [0.15, 0.2) is 53.0 Å². The van der Waals surface area contributed by atoms with Gasteiger partial charge in [0, 0.05) is 21.6 Å². The van der Waals surface area contributed by atoms with Gasteiger partial charge in [0.2, 0.25) is 0 Å². The molecule has 0 bridgehead atoms. The van der Waals surface area contributed by atoms with E-state index < -0.39 is 0 Å². The molecule has 0 aliphatic carbocycles. The first-order chi connectivity index (χ1) is 9.61. The van der Waals surface area contributed by atoms with Crippen LogP contribution in [0, 0.1) is 0 Å². The second-order valence-electron chi connectivity index (χ2n) is 4.92. The highest BCUT2D eigenvalue weighted by atomic mass is 79.9. The minimum atomic E-state index is 0.284. The Balaban J connectivity index is 2.14. The molecule has 0 fully saturated rings. The van der Waals surface area contributed by atoms with Crippen LogP contribution in [0.5, 0.6) is 0 Å². The summed E-state index contributed by atoms with van der Waals surface area (Å²) in [5.74, 6) is 0. The number of hydrogen-bond acceptors (Lipinski definition) is 1. The summed E-state index contributed by atoms with van der Waals surface area (Å²) in [5.41, 5.74) is 2.55. The molecular formula is C17H19BrClN. The SMILES string of the molecule is CCC(NC(C)c1ccccc1Br)c1ccc(Cl)cc1. The minimum absolute atomic E-state index is 0.284. The Morgan fingerprint density at radius 2 is 1.75 bits per heavy atom. The molecule has 3 heteroatoms. The molecule has 2 rings (SSSR count). The van der Waals surface area contributed by atoms with E-state index >= 15 is 0 Å². The van der Waals surface area contributed by atoms with Crippen LogP contribution in [0.25, 0.3) is 0 Å². The molecule has 0 radical (unpaired) electrons. The maximum absolute atomic E-state index is 5.96. The predicted octanol–water partition coefficient (Wildman–Crippen LogP) is 5.90. The third kappa shape index (κ3) is 3.85. The molecule has 0 saturated carbocycles. The lowest BCUT2D eigenvalue weighted by atomic mass is 10.0. The summed E-state index contributed by atoms with van der Waals surface area (Å²) in [6.45, 7) is 4.39. The van der Waals surface area contributed by atoms with Crippen molar-refractivity contribution in [2.24, 2.45) is 0 Å². The van der Waals surface area contributed by atoms with Crippen LogP contribution >= 0.6 is 27.5 Å². The predicted molar refractivity (Wildman–Crippen MR) is 90.2 cm³/mol. The summed E-state index contributed by atoms with van der Waals surface area (Å²) in [6.07, 6.45) is 1.04. The van der Waals surface area contributed by atoms with Gasteiger partial charge in [-0.3, -0.25) is 0 Å². The van der Waals surface area contributed by atoms with Crippen molar-refractivity contribution in [1.29, 1.82) is 0 Å². The zero-order valence-corrected chi connectivity index (χ0v) is 14.1. The van der Waals surface area contributed by atoms with Crippen LogP contribution in [-0.2, 0) is 0 Å². The minimum Gasteiger partial charge on any atom is -0.303 e. The highest BCUT2D eigenvalue weighted by Crippen LogP contribution is 2.27. The van der Waals surface area contributed by atoms with Crippen molar-refractivity contribution in [2.45, 2.75) is 32.4 Å². The van der Waals surface area contributed by atoms with Gasteiger partial charge in [0.05, 0.1) is 0 Å². The van der Waals surface area contributed by atoms with E-state index in [9.17, 15) is 0 Å². The molecule has 1 N–H and O–H groups in total. The molecule has 1 nitrogen and oxygen atoms in total. The summed E-state index contributed by atoms with van der Waals surface area (Å²) in [6, 6.07) is 17.0. The van der Waals surface area contributed by atoms with Crippen LogP contribution in [0.3, 0.4) is 0 Å². The highest BCUT2D eigenvalue weighted by Gasteiger charge is 2.15. The van der Waals surface area contributed by atoms with E-state index in [-0.39, 0.29) is 6.04 Å². The average Bonchev–Trinajstić information content (AvgIpc) is 2.46. The molecule has 0 heterocycles. The molecule has 2 aromatic rings. The van der Waals surface area contributed by atoms with Crippen LogP contribution in [0.1, 0.15) is 43.5 Å². The first-order valence-corrected chi connectivity index (χ1v) is 8.05. The maximum atomic E-state index is 5.96. The van der Waals surface area contributed by atoms with E-state index in [1.807, 2.05) is 18.2 Å². The molecule has 0 aliphatic heterocycles. The van der Waals surface area contributed by atoms with Gasteiger partial charge in [-0.05, 0) is 42.7 Å². The number of halogens is 2. The van der Waals surface area contributed by atoms with Gasteiger partial charge in [-0.2, -0.15) is 0 Å². The van der Waals surface area contributed by atoms with Gasteiger partial charge in [-0.15, -0.1) is 0 Å². The second-order valence-corrected chi connectivity index (χ2v) is 6.21. The average molecular weight is 353 g/mol. The lowest BCUT2D eigenvalue weighted by Gasteiger charge is -2.24. The number of benzene rings is 2. The molecule has 20 heavy (non-hydrogen) atoms. The van der Waals surface area contributed by atoms with Crippen LogP contribution in [0.4, 0.5) is 0 Å². The molecular weight excluding hydrogens is 334 g/mol. The van der Waals surface area contributed by atoms with Crippen molar-refractivity contribution in [3.8, 4) is 0 Å². The van der Waals surface area contributed by atoms with Gasteiger partial charge >= 0.3 is 0 Å². The van der Waals surface area contributed by atoms with Gasteiger partial charge in [0.1, 0.15) is 0 Å². The van der Waals surface area contributed by atoms with Gasteiger partial charge in [0.25, 0.3) is 0 Å². The molecule has 0 saturated heterocycles. The third-order valence-corrected chi connectivity index (χ3v) is 4.48. The van der Waals surface area contributed by atoms with Gasteiger partial charge in [-0.1, -0.05) is 64.8 Å². The topological polar surface area (TPSA) is 12.0 Å². The lowest BCUT2D eigenvalue weighted by molar-refractivity contribution is 0.455. The fraction of sp³-hybridized carbons (Fsp3) is 0.294. The van der Waals surface area contributed by atoms with Gasteiger partial charge < -0.3 is 5.32 Å². The smallest absolute Gasteiger partial charge is 0.0406 e. The largest absolute Gasteiger partial charge is 0.303 e. The van der Waals surface area contributed by atoms with Crippen molar-refractivity contribution in [2.75, 3.05) is 0 Å². The van der Waals surface area contributed by atoms with E-state index in [1.165, 1.54) is 11.1 Å². The van der Waals surface area contributed by atoms with Gasteiger partial charge in [-0.25, -0.2) is 0 Å². The van der Waals surface area contributed by atoms with Crippen molar-refractivity contribution < 1.29 is 0 Å². The van der Waals surface area contributed by atoms with Crippen LogP contribution < -0.4 is 5.32 Å². The quantitative estimate of drug-likeness (QED) is 0.706. The lowest BCUT2D eigenvalue weighted by Crippen LogP contribution is -2.24. The van der Waals surface area contributed by atoms with Crippen LogP contribution in [-0.4, -0.2) is 0 Å². The van der Waals surface area contributed by atoms with E-state index in [4.69, 9.17) is 11.6 Å². The van der Waals surface area contributed by atoms with Crippen LogP contribution in [0.2, 0.25) is 5.02 Å². The normalized spacial score (nSPS) is 14.0. The number of rotatable bonds is 5. The third-order valence-electron chi connectivity index (χ3n) is 3.50. The summed E-state index contributed by atoms with van der Waals surface area (Å²) in [5, 5.41) is 4.47. The zero-order chi connectivity index (χ0) is 14.5. The fourth-order valence-corrected chi connectivity index (χ4v) is 3.12. The van der Waals surface area contributed by atoms with Gasteiger partial charge in [0.15, 0.2) is 0 Å². The highest BCUT2D eigenvalue weighted by molar-refractivity contribution is 9.10. The molecule has 106 valence electrons. The summed E-state index contributed by atoms with van der Waals surface area (Å²) in [7, 11) is 0. The number of hydrogen-bond donors (Lipinski definition) is 1. The Labute approximate surface area is 134 Å². The molecule has 2 aromatic carbocycles. The molecule has 0 aromatic heterocycles. The molecule has 0 spiro atoms. The Hall–Kier alpha value is -0.830. The molecule has 2 atom stereocenters. The van der Waals surface area contributed by atoms with E-state index in [1.54, 1.807) is 0 Å². The van der Waals surface area contributed by atoms with Crippen molar-refractivity contribution in [3.63, 3.8) is 0 Å². The molecule has 0 aliphatic rings. The van der Waals surface area contributed by atoms with Crippen molar-refractivity contribution in [3.05, 3.63) is 69.2 Å². The zero-order valence-electron chi connectivity index (χ0n) is 11.7. The maximum Gasteiger partial charge on any atom is 0.0406 e.